The van der Waals surface area contributed by atoms with Crippen molar-refractivity contribution >= 4 is 17.8 Å². The average Bonchev–Trinajstić information content (AvgIpc) is 2.65. The normalized spacial score (nSPS) is 17.6. The smallest absolute Gasteiger partial charge is 0.325 e. The van der Waals surface area contributed by atoms with Gasteiger partial charge in [0.05, 0.1) is 0 Å². The summed E-state index contributed by atoms with van der Waals surface area (Å²) in [6, 6.07) is -0.464. The van der Waals surface area contributed by atoms with Crippen molar-refractivity contribution in [3.8, 4) is 0 Å². The van der Waals surface area contributed by atoms with E-state index in [1.54, 1.807) is 4.90 Å². The number of amides is 4. The van der Waals surface area contributed by atoms with E-state index in [1.807, 2.05) is 27.7 Å². The van der Waals surface area contributed by atoms with Gasteiger partial charge in [0, 0.05) is 13.1 Å². The molecular formula is C13H23N3O3. The van der Waals surface area contributed by atoms with Crippen LogP contribution in [-0.2, 0) is 9.59 Å². The van der Waals surface area contributed by atoms with Gasteiger partial charge in [-0.05, 0) is 26.7 Å². The highest BCUT2D eigenvalue weighted by molar-refractivity contribution is 6.08. The number of imide groups is 1. The van der Waals surface area contributed by atoms with Gasteiger partial charge >= 0.3 is 6.03 Å². The molecule has 0 atom stereocenters. The first-order chi connectivity index (χ1) is 8.95. The molecule has 1 aliphatic rings. The predicted molar refractivity (Wildman–Crippen MR) is 71.5 cm³/mol. The van der Waals surface area contributed by atoms with Crippen LogP contribution in [0.3, 0.4) is 0 Å². The summed E-state index contributed by atoms with van der Waals surface area (Å²) in [5.74, 6) is -0.487. The van der Waals surface area contributed by atoms with E-state index in [0.717, 1.165) is 4.90 Å². The fourth-order valence-electron chi connectivity index (χ4n) is 2.36. The second kappa shape index (κ2) is 6.04. The van der Waals surface area contributed by atoms with Gasteiger partial charge in [-0.1, -0.05) is 13.8 Å². The summed E-state index contributed by atoms with van der Waals surface area (Å²) in [4.78, 5) is 38.8. The standard InChI is InChI=1S/C13H23N3O3/c1-5-13(6-2)11(18)16(12(19)14-13)9-10(17)15(7-3)8-4/h5-9H2,1-4H3,(H,14,19). The van der Waals surface area contributed by atoms with Gasteiger partial charge < -0.3 is 10.2 Å². The highest BCUT2D eigenvalue weighted by Gasteiger charge is 2.49. The van der Waals surface area contributed by atoms with Gasteiger partial charge in [-0.2, -0.15) is 0 Å². The Bertz CT molecular complexity index is 373. The van der Waals surface area contributed by atoms with E-state index in [-0.39, 0.29) is 18.4 Å². The maximum Gasteiger partial charge on any atom is 0.325 e. The van der Waals surface area contributed by atoms with Gasteiger partial charge in [0.25, 0.3) is 5.91 Å². The van der Waals surface area contributed by atoms with Crippen molar-refractivity contribution in [2.75, 3.05) is 19.6 Å². The van der Waals surface area contributed by atoms with Gasteiger partial charge in [0.1, 0.15) is 12.1 Å². The summed E-state index contributed by atoms with van der Waals surface area (Å²) in [6.07, 6.45) is 1.06. The summed E-state index contributed by atoms with van der Waals surface area (Å²) in [6.45, 7) is 8.44. The van der Waals surface area contributed by atoms with Crippen LogP contribution in [0, 0.1) is 0 Å². The maximum absolute atomic E-state index is 12.3. The molecule has 108 valence electrons. The monoisotopic (exact) mass is 269 g/mol. The lowest BCUT2D eigenvalue weighted by atomic mass is 9.93. The molecule has 1 heterocycles. The third kappa shape index (κ3) is 2.72. The lowest BCUT2D eigenvalue weighted by Gasteiger charge is -2.24. The first-order valence-electron chi connectivity index (χ1n) is 6.87. The fourth-order valence-corrected chi connectivity index (χ4v) is 2.36. The maximum atomic E-state index is 12.3. The molecule has 1 aliphatic heterocycles. The third-order valence-electron chi connectivity index (χ3n) is 3.86. The quantitative estimate of drug-likeness (QED) is 0.730. The predicted octanol–water partition coefficient (Wildman–Crippen LogP) is 0.965. The number of urea groups is 1. The number of carbonyl (C=O) groups is 3. The molecule has 0 aromatic carbocycles. The van der Waals surface area contributed by atoms with Crippen LogP contribution in [0.5, 0.6) is 0 Å². The Kier molecular flexibility index (Phi) is 4.91. The lowest BCUT2D eigenvalue weighted by Crippen LogP contribution is -2.47. The van der Waals surface area contributed by atoms with Gasteiger partial charge in [0.15, 0.2) is 0 Å². The minimum Gasteiger partial charge on any atom is -0.342 e. The zero-order valence-corrected chi connectivity index (χ0v) is 12.2. The van der Waals surface area contributed by atoms with Gasteiger partial charge in [0.2, 0.25) is 5.91 Å². The van der Waals surface area contributed by atoms with E-state index in [1.165, 1.54) is 0 Å². The molecule has 0 unspecified atom stereocenters. The average molecular weight is 269 g/mol. The molecular weight excluding hydrogens is 246 g/mol. The Morgan fingerprint density at radius 3 is 2.05 bits per heavy atom. The second-order valence-electron chi connectivity index (χ2n) is 4.68. The van der Waals surface area contributed by atoms with Gasteiger partial charge in [-0.3, -0.25) is 14.5 Å². The van der Waals surface area contributed by atoms with Crippen LogP contribution in [0.2, 0.25) is 0 Å². The van der Waals surface area contributed by atoms with Crippen LogP contribution in [0.25, 0.3) is 0 Å². The molecule has 6 heteroatoms. The molecule has 6 nitrogen and oxygen atoms in total. The van der Waals surface area contributed by atoms with Crippen molar-refractivity contribution in [2.24, 2.45) is 0 Å². The highest BCUT2D eigenvalue weighted by Crippen LogP contribution is 2.24. The van der Waals surface area contributed by atoms with Crippen LogP contribution in [-0.4, -0.2) is 52.8 Å². The van der Waals surface area contributed by atoms with Gasteiger partial charge in [-0.25, -0.2) is 4.79 Å². The molecule has 0 radical (unpaired) electrons. The molecule has 0 aliphatic carbocycles. The number of rotatable bonds is 6. The lowest BCUT2D eigenvalue weighted by molar-refractivity contribution is -0.139. The number of hydrogen-bond acceptors (Lipinski definition) is 3. The topological polar surface area (TPSA) is 69.7 Å². The summed E-state index contributed by atoms with van der Waals surface area (Å²) in [5, 5.41) is 2.71. The Hall–Kier alpha value is -1.59. The minimum absolute atomic E-state index is 0.173. The molecule has 0 saturated carbocycles. The largest absolute Gasteiger partial charge is 0.342 e. The Morgan fingerprint density at radius 2 is 1.68 bits per heavy atom. The Balaban J connectivity index is 2.83. The van der Waals surface area contributed by atoms with E-state index in [9.17, 15) is 14.4 Å². The summed E-state index contributed by atoms with van der Waals surface area (Å²) in [7, 11) is 0. The van der Waals surface area contributed by atoms with Crippen LogP contribution in [0.4, 0.5) is 4.79 Å². The summed E-state index contributed by atoms with van der Waals surface area (Å²) in [5.41, 5.74) is -0.833. The fraction of sp³-hybridized carbons (Fsp3) is 0.769. The molecule has 4 amide bonds. The third-order valence-corrected chi connectivity index (χ3v) is 3.86. The van der Waals surface area contributed by atoms with Crippen molar-refractivity contribution in [3.05, 3.63) is 0 Å². The molecule has 1 N–H and O–H groups in total. The number of likely N-dealkylation sites (N-methyl/N-ethyl adjacent to an activating group) is 1. The van der Waals surface area contributed by atoms with Crippen LogP contribution < -0.4 is 5.32 Å². The Labute approximate surface area is 114 Å². The van der Waals surface area contributed by atoms with Crippen LogP contribution in [0.1, 0.15) is 40.5 Å². The van der Waals surface area contributed by atoms with E-state index < -0.39 is 11.6 Å². The second-order valence-corrected chi connectivity index (χ2v) is 4.68. The highest BCUT2D eigenvalue weighted by atomic mass is 16.2. The molecule has 19 heavy (non-hydrogen) atoms. The van der Waals surface area contributed by atoms with Crippen molar-refractivity contribution < 1.29 is 14.4 Å². The van der Waals surface area contributed by atoms with Crippen molar-refractivity contribution in [3.63, 3.8) is 0 Å². The zero-order valence-electron chi connectivity index (χ0n) is 12.2. The van der Waals surface area contributed by atoms with Crippen LogP contribution in [0.15, 0.2) is 0 Å². The number of hydrogen-bond donors (Lipinski definition) is 1. The number of nitrogens with one attached hydrogen (secondary N) is 1. The van der Waals surface area contributed by atoms with E-state index >= 15 is 0 Å². The van der Waals surface area contributed by atoms with Crippen molar-refractivity contribution in [1.82, 2.24) is 15.1 Å². The van der Waals surface area contributed by atoms with E-state index in [2.05, 4.69) is 5.32 Å². The van der Waals surface area contributed by atoms with E-state index in [0.29, 0.717) is 25.9 Å². The zero-order chi connectivity index (χ0) is 14.6. The van der Waals surface area contributed by atoms with Crippen molar-refractivity contribution in [1.29, 1.82) is 0 Å². The molecule has 0 spiro atoms. The number of nitrogens with zero attached hydrogens (tertiary/aromatic N) is 2. The minimum atomic E-state index is -0.833. The van der Waals surface area contributed by atoms with E-state index in [4.69, 9.17) is 0 Å². The molecule has 0 aromatic heterocycles. The SMILES string of the molecule is CCN(CC)C(=O)CN1C(=O)NC(CC)(CC)C1=O. The summed E-state index contributed by atoms with van der Waals surface area (Å²) >= 11 is 0. The first-order valence-corrected chi connectivity index (χ1v) is 6.87. The summed E-state index contributed by atoms with van der Waals surface area (Å²) < 4.78 is 0. The number of carbonyl (C=O) groups excluding carboxylic acids is 3. The first kappa shape index (κ1) is 15.5. The molecule has 0 bridgehead atoms. The molecule has 1 saturated heterocycles. The molecule has 1 rings (SSSR count). The Morgan fingerprint density at radius 1 is 1.16 bits per heavy atom. The van der Waals surface area contributed by atoms with Crippen molar-refractivity contribution in [2.45, 2.75) is 46.1 Å². The van der Waals surface area contributed by atoms with Crippen LogP contribution >= 0.6 is 0 Å². The molecule has 1 fully saturated rings. The molecule has 0 aromatic rings. The van der Waals surface area contributed by atoms with Gasteiger partial charge in [-0.15, -0.1) is 0 Å².